The van der Waals surface area contributed by atoms with Gasteiger partial charge in [-0.15, -0.1) is 11.3 Å². The van der Waals surface area contributed by atoms with Crippen LogP contribution in [0.25, 0.3) is 31.3 Å². The molecule has 35 heavy (non-hydrogen) atoms. The Kier molecular flexibility index (Phi) is 6.36. The Bertz CT molecular complexity index is 1480. The van der Waals surface area contributed by atoms with Gasteiger partial charge in [-0.1, -0.05) is 37.4 Å². The maximum absolute atomic E-state index is 14.4. The summed E-state index contributed by atoms with van der Waals surface area (Å²) in [4.78, 5) is 23.0. The van der Waals surface area contributed by atoms with Gasteiger partial charge in [0, 0.05) is 27.6 Å². The molecule has 5 nitrogen and oxygen atoms in total. The van der Waals surface area contributed by atoms with Gasteiger partial charge in [-0.2, -0.15) is 13.2 Å². The van der Waals surface area contributed by atoms with Crippen LogP contribution in [0, 0.1) is 0 Å². The van der Waals surface area contributed by atoms with E-state index in [1.165, 1.54) is 43.5 Å². The zero-order chi connectivity index (χ0) is 25.3. The first-order valence-electron chi connectivity index (χ1n) is 10.1. The number of thiophene rings is 1. The van der Waals surface area contributed by atoms with Crippen LogP contribution in [0.2, 0.25) is 0 Å². The van der Waals surface area contributed by atoms with Crippen molar-refractivity contribution in [2.75, 3.05) is 7.11 Å². The van der Waals surface area contributed by atoms with Crippen LogP contribution >= 0.6 is 11.3 Å². The molecule has 4 aromatic rings. The van der Waals surface area contributed by atoms with Gasteiger partial charge in [0.25, 0.3) is 0 Å². The number of halogens is 3. The zero-order valence-electron chi connectivity index (χ0n) is 18.3. The van der Waals surface area contributed by atoms with Crippen LogP contribution in [0.1, 0.15) is 5.56 Å². The van der Waals surface area contributed by atoms with Crippen LogP contribution in [0.5, 0.6) is 17.2 Å². The van der Waals surface area contributed by atoms with Crippen LogP contribution < -0.4 is 14.2 Å². The van der Waals surface area contributed by atoms with Gasteiger partial charge >= 0.3 is 18.1 Å². The van der Waals surface area contributed by atoms with Gasteiger partial charge < -0.3 is 14.2 Å². The first kappa shape index (κ1) is 24.0. The Morgan fingerprint density at radius 1 is 0.857 bits per heavy atom. The molecule has 4 rings (SSSR count). The average Bonchev–Trinajstić information content (AvgIpc) is 3.21. The van der Waals surface area contributed by atoms with Crippen molar-refractivity contribution in [1.29, 1.82) is 0 Å². The van der Waals surface area contributed by atoms with Gasteiger partial charge in [-0.3, -0.25) is 0 Å². The maximum Gasteiger partial charge on any atom is 0.418 e. The summed E-state index contributed by atoms with van der Waals surface area (Å²) in [6.07, 6.45) is -2.70. The van der Waals surface area contributed by atoms with Crippen molar-refractivity contribution in [2.24, 2.45) is 0 Å². The van der Waals surface area contributed by atoms with Crippen molar-refractivity contribution in [3.05, 3.63) is 79.4 Å². The molecule has 0 aliphatic rings. The number of hydrogen-bond acceptors (Lipinski definition) is 6. The number of hydrogen-bond donors (Lipinski definition) is 0. The number of alkyl halides is 3. The minimum atomic E-state index is -4.67. The highest BCUT2D eigenvalue weighted by molar-refractivity contribution is 7.26. The van der Waals surface area contributed by atoms with E-state index in [4.69, 9.17) is 14.2 Å². The van der Waals surface area contributed by atoms with E-state index < -0.39 is 23.7 Å². The van der Waals surface area contributed by atoms with Crippen molar-refractivity contribution in [2.45, 2.75) is 6.18 Å². The lowest BCUT2D eigenvalue weighted by molar-refractivity contribution is -0.135. The average molecular weight is 498 g/mol. The molecule has 0 unspecified atom stereocenters. The minimum Gasteiger partial charge on any atom is -0.491 e. The lowest BCUT2D eigenvalue weighted by Gasteiger charge is -2.14. The molecule has 1 heterocycles. The van der Waals surface area contributed by atoms with Gasteiger partial charge in [0.1, 0.15) is 5.75 Å². The molecule has 0 amide bonds. The largest absolute Gasteiger partial charge is 0.491 e. The van der Waals surface area contributed by atoms with Crippen molar-refractivity contribution in [3.8, 4) is 28.4 Å². The molecule has 0 atom stereocenters. The molecule has 0 bridgehead atoms. The number of ether oxygens (including phenoxy) is 3. The van der Waals surface area contributed by atoms with Crippen molar-refractivity contribution in [3.63, 3.8) is 0 Å². The highest BCUT2D eigenvalue weighted by atomic mass is 32.1. The van der Waals surface area contributed by atoms with Crippen LogP contribution in [0.15, 0.2) is 73.8 Å². The standard InChI is InChI=1S/C26H17F3O5S/c1-4-20(30)33-15-8-6-14(7-9-15)16-10-11-17-18-12-13-19(34-21(31)5-2)23(32-3)25(18)35-24(17)22(16)26(27,28)29/h4-13H,1-2H2,3H3. The number of carbonyl (C=O) groups excluding carboxylic acids is 2. The van der Waals surface area contributed by atoms with Gasteiger partial charge in [-0.25, -0.2) is 9.59 Å². The number of carbonyl (C=O) groups is 2. The Morgan fingerprint density at radius 2 is 1.46 bits per heavy atom. The fraction of sp³-hybridized carbons (Fsp3) is 0.0769. The number of esters is 2. The molecule has 3 aromatic carbocycles. The van der Waals surface area contributed by atoms with Crippen LogP contribution in [0.3, 0.4) is 0 Å². The van der Waals surface area contributed by atoms with Crippen LogP contribution in [0.4, 0.5) is 13.2 Å². The Morgan fingerprint density at radius 3 is 2.06 bits per heavy atom. The minimum absolute atomic E-state index is 0.0117. The molecule has 0 aliphatic carbocycles. The quantitative estimate of drug-likeness (QED) is 0.164. The smallest absolute Gasteiger partial charge is 0.418 e. The summed E-state index contributed by atoms with van der Waals surface area (Å²) in [5.74, 6) is -0.977. The summed E-state index contributed by atoms with van der Waals surface area (Å²) >= 11 is 0.896. The van der Waals surface area contributed by atoms with E-state index in [1.54, 1.807) is 12.1 Å². The summed E-state index contributed by atoms with van der Waals surface area (Å²) in [5.41, 5.74) is -0.545. The number of benzene rings is 3. The summed E-state index contributed by atoms with van der Waals surface area (Å²) < 4.78 is 59.2. The summed E-state index contributed by atoms with van der Waals surface area (Å²) in [5, 5.41) is 0.918. The highest BCUT2D eigenvalue weighted by Crippen LogP contribution is 2.50. The topological polar surface area (TPSA) is 61.8 Å². The van der Waals surface area contributed by atoms with Gasteiger partial charge in [0.2, 0.25) is 0 Å². The number of fused-ring (bicyclic) bond motifs is 3. The van der Waals surface area contributed by atoms with E-state index in [2.05, 4.69) is 13.2 Å². The predicted molar refractivity (Wildman–Crippen MR) is 128 cm³/mol. The molecule has 0 N–H and O–H groups in total. The Balaban J connectivity index is 1.93. The maximum atomic E-state index is 14.4. The second-order valence-corrected chi connectivity index (χ2v) is 8.23. The van der Waals surface area contributed by atoms with Crippen LogP contribution in [-0.4, -0.2) is 19.0 Å². The Labute approximate surface area is 201 Å². The van der Waals surface area contributed by atoms with E-state index in [0.717, 1.165) is 23.5 Å². The van der Waals surface area contributed by atoms with Crippen molar-refractivity contribution < 1.29 is 37.0 Å². The molecule has 0 radical (unpaired) electrons. The van der Waals surface area contributed by atoms with Gasteiger partial charge in [0.05, 0.1) is 17.4 Å². The molecule has 0 aliphatic heterocycles. The molecule has 0 spiro atoms. The van der Waals surface area contributed by atoms with Crippen molar-refractivity contribution >= 4 is 43.4 Å². The monoisotopic (exact) mass is 498 g/mol. The SMILES string of the molecule is C=CC(=O)Oc1ccc(-c2ccc3c(sc4c(OC)c(OC(=O)C=C)ccc43)c2C(F)(F)F)cc1. The third-order valence-corrected chi connectivity index (χ3v) is 6.38. The predicted octanol–water partition coefficient (Wildman–Crippen LogP) is 6.93. The second kappa shape index (κ2) is 9.27. The van der Waals surface area contributed by atoms with E-state index >= 15 is 0 Å². The van der Waals surface area contributed by atoms with E-state index in [-0.39, 0.29) is 27.5 Å². The molecule has 178 valence electrons. The molecular weight excluding hydrogens is 481 g/mol. The third-order valence-electron chi connectivity index (χ3n) is 5.14. The first-order chi connectivity index (χ1) is 16.7. The lowest BCUT2D eigenvalue weighted by atomic mass is 9.97. The van der Waals surface area contributed by atoms with E-state index in [1.807, 2.05) is 0 Å². The fourth-order valence-electron chi connectivity index (χ4n) is 3.67. The number of methoxy groups -OCH3 is 1. The fourth-order valence-corrected chi connectivity index (χ4v) is 5.05. The highest BCUT2D eigenvalue weighted by Gasteiger charge is 2.37. The Hall–Kier alpha value is -4.11. The second-order valence-electron chi connectivity index (χ2n) is 7.21. The van der Waals surface area contributed by atoms with E-state index in [0.29, 0.717) is 21.0 Å². The zero-order valence-corrected chi connectivity index (χ0v) is 19.1. The number of rotatable bonds is 6. The first-order valence-corrected chi connectivity index (χ1v) is 10.9. The molecule has 0 fully saturated rings. The summed E-state index contributed by atoms with van der Waals surface area (Å²) in [7, 11) is 1.35. The molecular formula is C26H17F3O5S. The molecule has 0 saturated heterocycles. The summed E-state index contributed by atoms with van der Waals surface area (Å²) in [6, 6.07) is 11.8. The summed E-state index contributed by atoms with van der Waals surface area (Å²) in [6.45, 7) is 6.65. The van der Waals surface area contributed by atoms with Gasteiger partial charge in [-0.05, 0) is 35.4 Å². The normalized spacial score (nSPS) is 11.3. The van der Waals surface area contributed by atoms with Crippen LogP contribution in [-0.2, 0) is 15.8 Å². The van der Waals surface area contributed by atoms with Gasteiger partial charge in [0.15, 0.2) is 11.5 Å². The lowest BCUT2D eigenvalue weighted by Crippen LogP contribution is -2.07. The molecule has 1 aromatic heterocycles. The van der Waals surface area contributed by atoms with Crippen molar-refractivity contribution in [1.82, 2.24) is 0 Å². The third kappa shape index (κ3) is 4.50. The van der Waals surface area contributed by atoms with E-state index in [9.17, 15) is 22.8 Å². The molecule has 0 saturated carbocycles. The molecule has 9 heteroatoms.